The Hall–Kier alpha value is -1.95. The maximum Gasteiger partial charge on any atom is 0.252 e. The van der Waals surface area contributed by atoms with E-state index in [9.17, 15) is 4.79 Å². The van der Waals surface area contributed by atoms with E-state index in [1.807, 2.05) is 6.92 Å². The smallest absolute Gasteiger partial charge is 0.252 e. The first-order valence-electron chi connectivity index (χ1n) is 5.03. The van der Waals surface area contributed by atoms with E-state index in [0.717, 1.165) is 5.56 Å². The molecule has 84 valence electrons. The van der Waals surface area contributed by atoms with Crippen LogP contribution in [0.25, 0.3) is 0 Å². The van der Waals surface area contributed by atoms with Crippen LogP contribution in [0.2, 0.25) is 0 Å². The summed E-state index contributed by atoms with van der Waals surface area (Å²) >= 11 is 0. The van der Waals surface area contributed by atoms with E-state index in [-0.39, 0.29) is 5.91 Å². The van der Waals surface area contributed by atoms with E-state index in [1.54, 1.807) is 32.0 Å². The molecule has 3 N–H and O–H groups in total. The number of rotatable bonds is 2. The minimum atomic E-state index is -0.659. The van der Waals surface area contributed by atoms with Crippen LogP contribution in [0.3, 0.4) is 0 Å². The quantitative estimate of drug-likeness (QED) is 0.584. The van der Waals surface area contributed by atoms with Gasteiger partial charge in [-0.3, -0.25) is 4.79 Å². The van der Waals surface area contributed by atoms with Crippen molar-refractivity contribution in [3.63, 3.8) is 0 Å². The average molecular weight is 216 g/mol. The Labute approximate surface area is 96.0 Å². The molecule has 0 heterocycles. The molecule has 1 rings (SSSR count). The van der Waals surface area contributed by atoms with E-state index in [4.69, 9.17) is 12.2 Å². The fourth-order valence-electron chi connectivity index (χ4n) is 1.29. The molecular weight excluding hydrogens is 200 g/mol. The van der Waals surface area contributed by atoms with Gasteiger partial charge in [0.2, 0.25) is 0 Å². The molecule has 0 saturated heterocycles. The molecule has 16 heavy (non-hydrogen) atoms. The van der Waals surface area contributed by atoms with Crippen LogP contribution in [0, 0.1) is 19.3 Å². The molecule has 3 nitrogen and oxygen atoms in total. The molecular formula is C13H16N2O. The molecule has 0 atom stereocenters. The Bertz CT molecular complexity index is 455. The van der Waals surface area contributed by atoms with Crippen LogP contribution in [0.5, 0.6) is 0 Å². The van der Waals surface area contributed by atoms with Gasteiger partial charge in [0.25, 0.3) is 5.91 Å². The van der Waals surface area contributed by atoms with E-state index in [2.05, 4.69) is 11.2 Å². The van der Waals surface area contributed by atoms with Gasteiger partial charge in [0.1, 0.15) is 0 Å². The molecule has 1 aromatic carbocycles. The lowest BCUT2D eigenvalue weighted by atomic mass is 10.0. The molecule has 0 spiro atoms. The molecule has 1 aromatic rings. The normalized spacial score (nSPS) is 10.6. The molecule has 0 fully saturated rings. The second kappa shape index (κ2) is 4.28. The number of anilines is 1. The monoisotopic (exact) mass is 216 g/mol. The van der Waals surface area contributed by atoms with Gasteiger partial charge in [0.05, 0.1) is 5.54 Å². The van der Waals surface area contributed by atoms with Gasteiger partial charge in [-0.15, -0.1) is 6.42 Å². The summed E-state index contributed by atoms with van der Waals surface area (Å²) in [6.07, 6.45) is 5.31. The van der Waals surface area contributed by atoms with Gasteiger partial charge in [-0.1, -0.05) is 12.0 Å². The summed E-state index contributed by atoms with van der Waals surface area (Å²) in [7, 11) is 0. The molecule has 3 heteroatoms. The lowest BCUT2D eigenvalue weighted by Crippen LogP contribution is -2.42. The summed E-state index contributed by atoms with van der Waals surface area (Å²) in [5, 5.41) is 2.76. The molecule has 0 radical (unpaired) electrons. The molecule has 0 bridgehead atoms. The van der Waals surface area contributed by atoms with Gasteiger partial charge < -0.3 is 11.1 Å². The zero-order chi connectivity index (χ0) is 12.3. The Balaban J connectivity index is 2.99. The van der Waals surface area contributed by atoms with Crippen molar-refractivity contribution in [3.8, 4) is 12.3 Å². The van der Waals surface area contributed by atoms with Gasteiger partial charge >= 0.3 is 0 Å². The van der Waals surface area contributed by atoms with Crippen LogP contribution in [-0.2, 0) is 0 Å². The zero-order valence-electron chi connectivity index (χ0n) is 9.79. The molecule has 1 amide bonds. The first-order valence-corrected chi connectivity index (χ1v) is 5.03. The Morgan fingerprint density at radius 2 is 2.12 bits per heavy atom. The highest BCUT2D eigenvalue weighted by molar-refractivity contribution is 5.97. The number of nitrogen functional groups attached to an aromatic ring is 1. The average Bonchev–Trinajstić information content (AvgIpc) is 2.21. The topological polar surface area (TPSA) is 55.1 Å². The summed E-state index contributed by atoms with van der Waals surface area (Å²) in [5.74, 6) is 2.31. The molecule has 0 aliphatic heterocycles. The Morgan fingerprint density at radius 3 is 2.69 bits per heavy atom. The van der Waals surface area contributed by atoms with Gasteiger partial charge in [-0.2, -0.15) is 0 Å². The highest BCUT2D eigenvalue weighted by Gasteiger charge is 2.19. The third kappa shape index (κ3) is 2.54. The number of hydrogen-bond donors (Lipinski definition) is 2. The van der Waals surface area contributed by atoms with Gasteiger partial charge in [0, 0.05) is 11.3 Å². The highest BCUT2D eigenvalue weighted by Crippen LogP contribution is 2.16. The van der Waals surface area contributed by atoms with E-state index >= 15 is 0 Å². The molecule has 0 aliphatic carbocycles. The van der Waals surface area contributed by atoms with Gasteiger partial charge in [-0.05, 0) is 38.5 Å². The zero-order valence-corrected chi connectivity index (χ0v) is 9.79. The number of nitrogens with two attached hydrogens (primary N) is 1. The maximum absolute atomic E-state index is 11.9. The van der Waals surface area contributed by atoms with Crippen molar-refractivity contribution in [2.45, 2.75) is 26.3 Å². The van der Waals surface area contributed by atoms with Crippen LogP contribution < -0.4 is 11.1 Å². The maximum atomic E-state index is 11.9. The van der Waals surface area contributed by atoms with Gasteiger partial charge in [-0.25, -0.2) is 0 Å². The van der Waals surface area contributed by atoms with Crippen molar-refractivity contribution in [3.05, 3.63) is 29.3 Å². The van der Waals surface area contributed by atoms with Crippen LogP contribution in [0.15, 0.2) is 18.2 Å². The first-order chi connectivity index (χ1) is 7.37. The first kappa shape index (κ1) is 12.1. The highest BCUT2D eigenvalue weighted by atomic mass is 16.1. The van der Waals surface area contributed by atoms with Crippen molar-refractivity contribution in [1.29, 1.82) is 0 Å². The van der Waals surface area contributed by atoms with Crippen LogP contribution in [0.1, 0.15) is 29.8 Å². The van der Waals surface area contributed by atoms with E-state index < -0.39 is 5.54 Å². The summed E-state index contributed by atoms with van der Waals surface area (Å²) in [4.78, 5) is 11.9. The standard InChI is InChI=1S/C13H16N2O/c1-5-13(3,4)15-12(16)10-7-6-8-11(14)9(10)2/h1,6-8H,14H2,2-4H3,(H,15,16). The fraction of sp³-hybridized carbons (Fsp3) is 0.308. The third-order valence-corrected chi connectivity index (χ3v) is 2.41. The lowest BCUT2D eigenvalue weighted by molar-refractivity contribution is 0.0929. The molecule has 0 saturated carbocycles. The van der Waals surface area contributed by atoms with Crippen LogP contribution in [0.4, 0.5) is 5.69 Å². The van der Waals surface area contributed by atoms with Crippen molar-refractivity contribution in [2.24, 2.45) is 0 Å². The minimum Gasteiger partial charge on any atom is -0.398 e. The largest absolute Gasteiger partial charge is 0.398 e. The van der Waals surface area contributed by atoms with Crippen LogP contribution in [-0.4, -0.2) is 11.4 Å². The predicted octanol–water partition coefficient (Wildman–Crippen LogP) is 1.72. The fourth-order valence-corrected chi connectivity index (χ4v) is 1.29. The molecule has 0 aromatic heterocycles. The molecule has 0 unspecified atom stereocenters. The second-order valence-electron chi connectivity index (χ2n) is 4.24. The number of benzene rings is 1. The summed E-state index contributed by atoms with van der Waals surface area (Å²) in [6, 6.07) is 5.24. The van der Waals surface area contributed by atoms with Gasteiger partial charge in [0.15, 0.2) is 0 Å². The van der Waals surface area contributed by atoms with Crippen molar-refractivity contribution in [1.82, 2.24) is 5.32 Å². The summed E-state index contributed by atoms with van der Waals surface area (Å²) in [5.41, 5.74) is 7.01. The van der Waals surface area contributed by atoms with Crippen LogP contribution >= 0.6 is 0 Å². The predicted molar refractivity (Wildman–Crippen MR) is 66.0 cm³/mol. The number of nitrogens with one attached hydrogen (secondary N) is 1. The number of carbonyl (C=O) groups is 1. The summed E-state index contributed by atoms with van der Waals surface area (Å²) < 4.78 is 0. The number of carbonyl (C=O) groups excluding carboxylic acids is 1. The lowest BCUT2D eigenvalue weighted by Gasteiger charge is -2.20. The SMILES string of the molecule is C#CC(C)(C)NC(=O)c1cccc(N)c1C. The van der Waals surface area contributed by atoms with E-state index in [0.29, 0.717) is 11.3 Å². The van der Waals surface area contributed by atoms with Crippen molar-refractivity contribution < 1.29 is 4.79 Å². The Morgan fingerprint density at radius 1 is 1.50 bits per heavy atom. The minimum absolute atomic E-state index is 0.201. The third-order valence-electron chi connectivity index (χ3n) is 2.41. The number of hydrogen-bond acceptors (Lipinski definition) is 2. The van der Waals surface area contributed by atoms with E-state index in [1.165, 1.54) is 0 Å². The number of terminal acetylenes is 1. The summed E-state index contributed by atoms with van der Waals surface area (Å²) in [6.45, 7) is 5.35. The second-order valence-corrected chi connectivity index (χ2v) is 4.24. The van der Waals surface area contributed by atoms with Crippen molar-refractivity contribution in [2.75, 3.05) is 5.73 Å². The van der Waals surface area contributed by atoms with Crippen molar-refractivity contribution >= 4 is 11.6 Å². The molecule has 0 aliphatic rings. The Kier molecular flexibility index (Phi) is 3.24. The number of amides is 1.